The standard InChI is InChI=1S/C17H26O3/c1-5-6-11-18-13(2)20-15-9-7-14(8-10-15)16-17(3,4)12-19-16/h7-10,13,16H,5-6,11-12H2,1-4H3. The number of hydrogen-bond acceptors (Lipinski definition) is 3. The molecule has 0 amide bonds. The molecule has 0 aliphatic carbocycles. The summed E-state index contributed by atoms with van der Waals surface area (Å²) in [5, 5.41) is 0. The molecule has 2 rings (SSSR count). The van der Waals surface area contributed by atoms with Crippen molar-refractivity contribution in [2.75, 3.05) is 13.2 Å². The summed E-state index contributed by atoms with van der Waals surface area (Å²) in [7, 11) is 0. The molecule has 3 heteroatoms. The summed E-state index contributed by atoms with van der Waals surface area (Å²) < 4.78 is 17.0. The third kappa shape index (κ3) is 3.74. The Balaban J connectivity index is 1.85. The third-order valence-electron chi connectivity index (χ3n) is 3.67. The van der Waals surface area contributed by atoms with Crippen LogP contribution in [-0.4, -0.2) is 19.5 Å². The smallest absolute Gasteiger partial charge is 0.196 e. The average molecular weight is 278 g/mol. The van der Waals surface area contributed by atoms with Crippen LogP contribution in [0.5, 0.6) is 5.75 Å². The van der Waals surface area contributed by atoms with Crippen molar-refractivity contribution in [3.8, 4) is 5.75 Å². The van der Waals surface area contributed by atoms with Crippen LogP contribution in [0.4, 0.5) is 0 Å². The molecule has 0 bridgehead atoms. The van der Waals surface area contributed by atoms with E-state index in [0.717, 1.165) is 31.8 Å². The molecular formula is C17H26O3. The van der Waals surface area contributed by atoms with Gasteiger partial charge in [-0.3, -0.25) is 0 Å². The molecule has 0 aromatic heterocycles. The van der Waals surface area contributed by atoms with Crippen LogP contribution in [0.15, 0.2) is 24.3 Å². The average Bonchev–Trinajstić information content (AvgIpc) is 2.40. The van der Waals surface area contributed by atoms with Crippen LogP contribution in [-0.2, 0) is 9.47 Å². The number of ether oxygens (including phenoxy) is 3. The maximum atomic E-state index is 5.74. The van der Waals surface area contributed by atoms with Gasteiger partial charge in [0.2, 0.25) is 0 Å². The van der Waals surface area contributed by atoms with Crippen LogP contribution < -0.4 is 4.74 Å². The molecule has 1 saturated heterocycles. The van der Waals surface area contributed by atoms with Gasteiger partial charge in [0, 0.05) is 5.41 Å². The van der Waals surface area contributed by atoms with Crippen molar-refractivity contribution in [3.63, 3.8) is 0 Å². The molecule has 1 aliphatic rings. The Hall–Kier alpha value is -1.06. The van der Waals surface area contributed by atoms with Gasteiger partial charge in [0.1, 0.15) is 5.75 Å². The molecule has 1 aromatic carbocycles. The fraction of sp³-hybridized carbons (Fsp3) is 0.647. The van der Waals surface area contributed by atoms with E-state index in [2.05, 4.69) is 32.9 Å². The van der Waals surface area contributed by atoms with Crippen LogP contribution in [0.25, 0.3) is 0 Å². The van der Waals surface area contributed by atoms with Gasteiger partial charge in [-0.25, -0.2) is 0 Å². The lowest BCUT2D eigenvalue weighted by atomic mass is 9.79. The first-order valence-electron chi connectivity index (χ1n) is 7.53. The van der Waals surface area contributed by atoms with Gasteiger partial charge in [-0.05, 0) is 31.0 Å². The molecule has 1 aromatic rings. The topological polar surface area (TPSA) is 27.7 Å². The van der Waals surface area contributed by atoms with E-state index in [1.54, 1.807) is 0 Å². The van der Waals surface area contributed by atoms with Crippen molar-refractivity contribution in [1.82, 2.24) is 0 Å². The van der Waals surface area contributed by atoms with Crippen molar-refractivity contribution in [3.05, 3.63) is 29.8 Å². The SMILES string of the molecule is CCCCOC(C)Oc1ccc(C2OCC2(C)C)cc1. The molecule has 1 heterocycles. The maximum Gasteiger partial charge on any atom is 0.196 e. The normalized spacial score (nSPS) is 22.1. The van der Waals surface area contributed by atoms with Gasteiger partial charge in [0.15, 0.2) is 6.29 Å². The molecule has 2 unspecified atom stereocenters. The van der Waals surface area contributed by atoms with E-state index in [9.17, 15) is 0 Å². The van der Waals surface area contributed by atoms with Crippen LogP contribution in [0.2, 0.25) is 0 Å². The highest BCUT2D eigenvalue weighted by atomic mass is 16.7. The van der Waals surface area contributed by atoms with Gasteiger partial charge in [0.25, 0.3) is 0 Å². The summed E-state index contributed by atoms with van der Waals surface area (Å²) in [6, 6.07) is 8.15. The van der Waals surface area contributed by atoms with E-state index in [1.807, 2.05) is 19.1 Å². The largest absolute Gasteiger partial charge is 0.465 e. The minimum absolute atomic E-state index is 0.203. The minimum Gasteiger partial charge on any atom is -0.465 e. The molecule has 20 heavy (non-hydrogen) atoms. The second-order valence-electron chi connectivity index (χ2n) is 6.16. The number of rotatable bonds is 7. The van der Waals surface area contributed by atoms with E-state index >= 15 is 0 Å². The highest BCUT2D eigenvalue weighted by Crippen LogP contribution is 2.45. The predicted octanol–water partition coefficient (Wildman–Crippen LogP) is 4.33. The summed E-state index contributed by atoms with van der Waals surface area (Å²) in [4.78, 5) is 0. The molecule has 3 nitrogen and oxygen atoms in total. The number of benzene rings is 1. The lowest BCUT2D eigenvalue weighted by Crippen LogP contribution is -2.40. The fourth-order valence-electron chi connectivity index (χ4n) is 2.39. The summed E-state index contributed by atoms with van der Waals surface area (Å²) in [6.07, 6.45) is 2.21. The Kier molecular flexibility index (Phi) is 5.06. The second kappa shape index (κ2) is 6.59. The summed E-state index contributed by atoms with van der Waals surface area (Å²) in [5.74, 6) is 0.842. The van der Waals surface area contributed by atoms with Crippen molar-refractivity contribution in [2.24, 2.45) is 5.41 Å². The monoisotopic (exact) mass is 278 g/mol. The molecule has 112 valence electrons. The van der Waals surface area contributed by atoms with Crippen LogP contribution >= 0.6 is 0 Å². The Bertz CT molecular complexity index is 411. The van der Waals surface area contributed by atoms with Gasteiger partial charge in [0.05, 0.1) is 19.3 Å². The Morgan fingerprint density at radius 3 is 2.50 bits per heavy atom. The molecule has 0 saturated carbocycles. The first-order valence-corrected chi connectivity index (χ1v) is 7.53. The summed E-state index contributed by atoms with van der Waals surface area (Å²) in [5.41, 5.74) is 1.45. The van der Waals surface area contributed by atoms with Crippen molar-refractivity contribution in [2.45, 2.75) is 52.9 Å². The lowest BCUT2D eigenvalue weighted by molar-refractivity contribution is -0.172. The minimum atomic E-state index is -0.205. The van der Waals surface area contributed by atoms with Crippen molar-refractivity contribution < 1.29 is 14.2 Å². The summed E-state index contributed by atoms with van der Waals surface area (Å²) in [6.45, 7) is 10.1. The van der Waals surface area contributed by atoms with E-state index in [4.69, 9.17) is 14.2 Å². The first kappa shape index (κ1) is 15.3. The zero-order chi connectivity index (χ0) is 14.6. The van der Waals surface area contributed by atoms with Crippen LogP contribution in [0, 0.1) is 5.41 Å². The Morgan fingerprint density at radius 2 is 2.00 bits per heavy atom. The molecule has 0 N–H and O–H groups in total. The molecule has 1 aliphatic heterocycles. The fourth-order valence-corrected chi connectivity index (χ4v) is 2.39. The highest BCUT2D eigenvalue weighted by Gasteiger charge is 2.40. The molecule has 2 atom stereocenters. The third-order valence-corrected chi connectivity index (χ3v) is 3.67. The highest BCUT2D eigenvalue weighted by molar-refractivity contribution is 5.30. The zero-order valence-corrected chi connectivity index (χ0v) is 13.0. The lowest BCUT2D eigenvalue weighted by Gasteiger charge is -2.44. The molecule has 0 radical (unpaired) electrons. The molecule has 0 spiro atoms. The Labute approximate surface area is 122 Å². The predicted molar refractivity (Wildman–Crippen MR) is 79.9 cm³/mol. The second-order valence-corrected chi connectivity index (χ2v) is 6.16. The number of hydrogen-bond donors (Lipinski definition) is 0. The molecular weight excluding hydrogens is 252 g/mol. The number of unbranched alkanes of at least 4 members (excludes halogenated alkanes) is 1. The van der Waals surface area contributed by atoms with Crippen LogP contribution in [0.3, 0.4) is 0 Å². The maximum absolute atomic E-state index is 5.74. The van der Waals surface area contributed by atoms with E-state index in [0.29, 0.717) is 0 Å². The Morgan fingerprint density at radius 1 is 1.30 bits per heavy atom. The van der Waals surface area contributed by atoms with Gasteiger partial charge in [-0.2, -0.15) is 0 Å². The van der Waals surface area contributed by atoms with E-state index in [1.165, 1.54) is 5.56 Å². The first-order chi connectivity index (χ1) is 9.53. The van der Waals surface area contributed by atoms with Crippen LogP contribution in [0.1, 0.15) is 52.2 Å². The molecule has 1 fully saturated rings. The van der Waals surface area contributed by atoms with Gasteiger partial charge >= 0.3 is 0 Å². The quantitative estimate of drug-likeness (QED) is 0.549. The van der Waals surface area contributed by atoms with E-state index in [-0.39, 0.29) is 17.8 Å². The van der Waals surface area contributed by atoms with Crippen molar-refractivity contribution in [1.29, 1.82) is 0 Å². The van der Waals surface area contributed by atoms with Gasteiger partial charge in [-0.15, -0.1) is 0 Å². The van der Waals surface area contributed by atoms with Gasteiger partial charge in [-0.1, -0.05) is 39.3 Å². The van der Waals surface area contributed by atoms with Gasteiger partial charge < -0.3 is 14.2 Å². The summed E-state index contributed by atoms with van der Waals surface area (Å²) >= 11 is 0. The van der Waals surface area contributed by atoms with E-state index < -0.39 is 0 Å². The van der Waals surface area contributed by atoms with Crippen molar-refractivity contribution >= 4 is 0 Å². The zero-order valence-electron chi connectivity index (χ0n) is 13.0.